The lowest BCUT2D eigenvalue weighted by Crippen LogP contribution is -2.35. The van der Waals surface area contributed by atoms with Gasteiger partial charge in [0.1, 0.15) is 0 Å². The maximum absolute atomic E-state index is 12.6. The molecule has 0 aliphatic carbocycles. The molecule has 0 saturated carbocycles. The number of aromatic amines is 1. The van der Waals surface area contributed by atoms with Gasteiger partial charge in [-0.3, -0.25) is 14.2 Å². The molecule has 4 rings (SSSR count). The third-order valence-corrected chi connectivity index (χ3v) is 5.02. The summed E-state index contributed by atoms with van der Waals surface area (Å²) in [6, 6.07) is 21.8. The molecule has 30 heavy (non-hydrogen) atoms. The highest BCUT2D eigenvalue weighted by Crippen LogP contribution is 2.08. The van der Waals surface area contributed by atoms with Gasteiger partial charge < -0.3 is 10.3 Å². The summed E-state index contributed by atoms with van der Waals surface area (Å²) in [4.78, 5) is 40.1. The Morgan fingerprint density at radius 2 is 1.57 bits per heavy atom. The van der Waals surface area contributed by atoms with Gasteiger partial charge >= 0.3 is 5.69 Å². The number of nitrogens with one attached hydrogen (secondary N) is 2. The summed E-state index contributed by atoms with van der Waals surface area (Å²) in [5, 5.41) is 3.36. The zero-order valence-corrected chi connectivity index (χ0v) is 16.5. The normalized spacial score (nSPS) is 10.8. The topological polar surface area (TPSA) is 84.0 Å². The van der Waals surface area contributed by atoms with Crippen molar-refractivity contribution in [1.82, 2.24) is 14.9 Å². The van der Waals surface area contributed by atoms with Crippen LogP contribution >= 0.6 is 0 Å². The Morgan fingerprint density at radius 3 is 2.30 bits per heavy atom. The molecule has 3 aromatic carbocycles. The zero-order chi connectivity index (χ0) is 21.1. The number of amides is 1. The molecular formula is C24H21N3O3. The summed E-state index contributed by atoms with van der Waals surface area (Å²) in [6.45, 7) is 2.59. The number of nitrogens with zero attached hydrogens (tertiary/aromatic N) is 1. The van der Waals surface area contributed by atoms with Gasteiger partial charge in [0.15, 0.2) is 0 Å². The Balaban J connectivity index is 1.48. The molecule has 0 unspecified atom stereocenters. The fraction of sp³-hybridized carbons (Fsp3) is 0.125. The van der Waals surface area contributed by atoms with E-state index in [0.29, 0.717) is 23.0 Å². The SMILES string of the molecule is Cc1ccc(CNC(=O)c2ccc(Cn3c(=O)[nH]c4ccccc4c3=O)cc2)cc1. The standard InChI is InChI=1S/C24H21N3O3/c1-16-6-8-17(9-7-16)14-25-22(28)19-12-10-18(11-13-19)15-27-23(29)20-4-2-3-5-21(20)26-24(27)30/h2-13H,14-15H2,1H3,(H,25,28)(H,26,30). The van der Waals surface area contributed by atoms with Crippen LogP contribution < -0.4 is 16.6 Å². The number of rotatable bonds is 5. The van der Waals surface area contributed by atoms with Crippen molar-refractivity contribution in [2.24, 2.45) is 0 Å². The third-order valence-electron chi connectivity index (χ3n) is 5.02. The molecule has 2 N–H and O–H groups in total. The quantitative estimate of drug-likeness (QED) is 0.541. The predicted molar refractivity (Wildman–Crippen MR) is 117 cm³/mol. The van der Waals surface area contributed by atoms with E-state index in [0.717, 1.165) is 15.7 Å². The molecule has 0 spiro atoms. The van der Waals surface area contributed by atoms with E-state index >= 15 is 0 Å². The monoisotopic (exact) mass is 399 g/mol. The largest absolute Gasteiger partial charge is 0.348 e. The van der Waals surface area contributed by atoms with E-state index in [4.69, 9.17) is 0 Å². The molecule has 1 amide bonds. The fourth-order valence-electron chi connectivity index (χ4n) is 3.28. The molecule has 0 aliphatic rings. The molecule has 0 radical (unpaired) electrons. The first-order chi connectivity index (χ1) is 14.5. The Bertz CT molecular complexity index is 1320. The van der Waals surface area contributed by atoms with Crippen LogP contribution in [0.3, 0.4) is 0 Å². The molecular weight excluding hydrogens is 378 g/mol. The van der Waals surface area contributed by atoms with Gasteiger partial charge in [-0.25, -0.2) is 4.79 Å². The number of hydrogen-bond donors (Lipinski definition) is 2. The van der Waals surface area contributed by atoms with E-state index in [-0.39, 0.29) is 18.0 Å². The van der Waals surface area contributed by atoms with Crippen molar-refractivity contribution in [1.29, 1.82) is 0 Å². The van der Waals surface area contributed by atoms with Gasteiger partial charge in [-0.15, -0.1) is 0 Å². The molecule has 6 heteroatoms. The van der Waals surface area contributed by atoms with E-state index in [1.807, 2.05) is 31.2 Å². The number of fused-ring (bicyclic) bond motifs is 1. The molecule has 4 aromatic rings. The second-order valence-electron chi connectivity index (χ2n) is 7.23. The van der Waals surface area contributed by atoms with Crippen molar-refractivity contribution >= 4 is 16.8 Å². The van der Waals surface area contributed by atoms with Crippen LogP contribution in [0.2, 0.25) is 0 Å². The van der Waals surface area contributed by atoms with Crippen LogP contribution in [-0.4, -0.2) is 15.5 Å². The van der Waals surface area contributed by atoms with Gasteiger partial charge in [0, 0.05) is 12.1 Å². The average Bonchev–Trinajstić information content (AvgIpc) is 2.76. The summed E-state index contributed by atoms with van der Waals surface area (Å²) in [6.07, 6.45) is 0. The van der Waals surface area contributed by atoms with Crippen molar-refractivity contribution in [3.8, 4) is 0 Å². The molecule has 1 aromatic heterocycles. The molecule has 0 atom stereocenters. The van der Waals surface area contributed by atoms with Gasteiger partial charge in [-0.2, -0.15) is 0 Å². The molecule has 0 saturated heterocycles. The first kappa shape index (κ1) is 19.4. The number of H-pyrrole nitrogens is 1. The summed E-state index contributed by atoms with van der Waals surface area (Å²) >= 11 is 0. The number of benzene rings is 3. The highest BCUT2D eigenvalue weighted by molar-refractivity contribution is 5.94. The van der Waals surface area contributed by atoms with E-state index in [9.17, 15) is 14.4 Å². The first-order valence-corrected chi connectivity index (χ1v) is 9.66. The first-order valence-electron chi connectivity index (χ1n) is 9.66. The van der Waals surface area contributed by atoms with Crippen molar-refractivity contribution in [3.63, 3.8) is 0 Å². The molecule has 6 nitrogen and oxygen atoms in total. The van der Waals surface area contributed by atoms with Crippen molar-refractivity contribution in [2.75, 3.05) is 0 Å². The minimum Gasteiger partial charge on any atom is -0.348 e. The maximum atomic E-state index is 12.6. The zero-order valence-electron chi connectivity index (χ0n) is 16.5. The lowest BCUT2D eigenvalue weighted by Gasteiger charge is -2.08. The van der Waals surface area contributed by atoms with Crippen molar-refractivity contribution in [3.05, 3.63) is 116 Å². The number of aryl methyl sites for hydroxylation is 1. The number of carbonyl (C=O) groups is 1. The lowest BCUT2D eigenvalue weighted by molar-refractivity contribution is 0.0951. The second-order valence-corrected chi connectivity index (χ2v) is 7.23. The van der Waals surface area contributed by atoms with Gasteiger partial charge in [-0.1, -0.05) is 54.1 Å². The Hall–Kier alpha value is -3.93. The third kappa shape index (κ3) is 4.07. The molecule has 0 bridgehead atoms. The van der Waals surface area contributed by atoms with E-state index in [1.165, 1.54) is 5.56 Å². The summed E-state index contributed by atoms with van der Waals surface area (Å²) in [5.41, 5.74) is 3.20. The van der Waals surface area contributed by atoms with Crippen LogP contribution in [0.4, 0.5) is 0 Å². The average molecular weight is 399 g/mol. The van der Waals surface area contributed by atoms with E-state index in [1.54, 1.807) is 48.5 Å². The lowest BCUT2D eigenvalue weighted by atomic mass is 10.1. The Morgan fingerprint density at radius 1 is 0.900 bits per heavy atom. The minimum absolute atomic E-state index is 0.129. The van der Waals surface area contributed by atoms with Gasteiger partial charge in [-0.05, 0) is 42.3 Å². The van der Waals surface area contributed by atoms with Crippen LogP contribution in [0.25, 0.3) is 10.9 Å². The van der Waals surface area contributed by atoms with Crippen molar-refractivity contribution in [2.45, 2.75) is 20.0 Å². The molecule has 0 fully saturated rings. The number of aromatic nitrogens is 2. The Labute approximate surface area is 172 Å². The van der Waals surface area contributed by atoms with E-state index in [2.05, 4.69) is 10.3 Å². The number of hydrogen-bond acceptors (Lipinski definition) is 3. The fourth-order valence-corrected chi connectivity index (χ4v) is 3.28. The highest BCUT2D eigenvalue weighted by Gasteiger charge is 2.09. The molecule has 0 aliphatic heterocycles. The van der Waals surface area contributed by atoms with Crippen LogP contribution in [0, 0.1) is 6.92 Å². The van der Waals surface area contributed by atoms with Gasteiger partial charge in [0.2, 0.25) is 0 Å². The smallest absolute Gasteiger partial charge is 0.329 e. The van der Waals surface area contributed by atoms with Crippen LogP contribution in [0.1, 0.15) is 27.0 Å². The number of para-hydroxylation sites is 1. The van der Waals surface area contributed by atoms with Crippen LogP contribution in [-0.2, 0) is 13.1 Å². The van der Waals surface area contributed by atoms with Gasteiger partial charge in [0.25, 0.3) is 11.5 Å². The van der Waals surface area contributed by atoms with Crippen molar-refractivity contribution < 1.29 is 4.79 Å². The second kappa shape index (κ2) is 8.21. The summed E-state index contributed by atoms with van der Waals surface area (Å²) in [7, 11) is 0. The van der Waals surface area contributed by atoms with Crippen LogP contribution in [0.5, 0.6) is 0 Å². The molecule has 1 heterocycles. The Kier molecular flexibility index (Phi) is 5.30. The maximum Gasteiger partial charge on any atom is 0.329 e. The minimum atomic E-state index is -0.460. The highest BCUT2D eigenvalue weighted by atomic mass is 16.2. The van der Waals surface area contributed by atoms with Crippen LogP contribution in [0.15, 0.2) is 82.4 Å². The predicted octanol–water partition coefficient (Wildman–Crippen LogP) is 2.98. The number of carbonyl (C=O) groups excluding carboxylic acids is 1. The summed E-state index contributed by atoms with van der Waals surface area (Å²) in [5.74, 6) is -0.178. The molecule has 150 valence electrons. The van der Waals surface area contributed by atoms with Gasteiger partial charge in [0.05, 0.1) is 17.4 Å². The van der Waals surface area contributed by atoms with E-state index < -0.39 is 5.69 Å². The summed E-state index contributed by atoms with van der Waals surface area (Å²) < 4.78 is 1.16.